The number of hydrogen-bond acceptors (Lipinski definition) is 5. The smallest absolute Gasteiger partial charge is 0.337 e. The van der Waals surface area contributed by atoms with E-state index in [0.29, 0.717) is 12.0 Å². The van der Waals surface area contributed by atoms with E-state index in [1.54, 1.807) is 12.1 Å². The summed E-state index contributed by atoms with van der Waals surface area (Å²) in [4.78, 5) is 30.0. The first-order valence-corrected chi connectivity index (χ1v) is 11.9. The fourth-order valence-corrected chi connectivity index (χ4v) is 7.25. The Kier molecular flexibility index (Phi) is 5.45. The molecule has 5 aliphatic rings. The highest BCUT2D eigenvalue weighted by Crippen LogP contribution is 2.61. The quantitative estimate of drug-likeness (QED) is 0.728. The lowest BCUT2D eigenvalue weighted by Gasteiger charge is -2.56. The second-order valence-corrected chi connectivity index (χ2v) is 10.7. The molecule has 1 heterocycles. The second-order valence-electron chi connectivity index (χ2n) is 10.7. The molecule has 1 N–H and O–H groups in total. The minimum atomic E-state index is -0.374. The van der Waals surface area contributed by atoms with Gasteiger partial charge in [0.1, 0.15) is 0 Å². The molecule has 1 aliphatic heterocycles. The lowest BCUT2D eigenvalue weighted by Crippen LogP contribution is -2.47. The third kappa shape index (κ3) is 4.19. The lowest BCUT2D eigenvalue weighted by atomic mass is 9.49. The summed E-state index contributed by atoms with van der Waals surface area (Å²) in [5, 5.41) is 3.21. The normalized spacial score (nSPS) is 32.2. The molecule has 1 amide bonds. The molecule has 0 radical (unpaired) electrons. The largest absolute Gasteiger partial charge is 0.465 e. The van der Waals surface area contributed by atoms with Crippen LogP contribution in [0.5, 0.6) is 0 Å². The first kappa shape index (κ1) is 20.8. The predicted molar refractivity (Wildman–Crippen MR) is 121 cm³/mol. The number of amides is 1. The zero-order valence-corrected chi connectivity index (χ0v) is 18.9. The molecule has 1 aromatic carbocycles. The SMILES string of the molecule is COC(=O)c1ccc(N2CCN(C)CC2)c(NC(=O)CC23CC4CC(CC(C4)C2)C3)c1. The van der Waals surface area contributed by atoms with E-state index in [4.69, 9.17) is 4.74 Å². The van der Waals surface area contributed by atoms with E-state index in [9.17, 15) is 9.59 Å². The number of nitrogens with one attached hydrogen (secondary N) is 1. The Bertz CT molecular complexity index is 824. The summed E-state index contributed by atoms with van der Waals surface area (Å²) in [6, 6.07) is 5.54. The van der Waals surface area contributed by atoms with E-state index in [0.717, 1.165) is 55.3 Å². The highest BCUT2D eigenvalue weighted by molar-refractivity contribution is 5.98. The van der Waals surface area contributed by atoms with Gasteiger partial charge in [-0.25, -0.2) is 4.79 Å². The van der Waals surface area contributed by atoms with Crippen molar-refractivity contribution in [2.75, 3.05) is 50.6 Å². The average molecular weight is 426 g/mol. The molecular weight excluding hydrogens is 390 g/mol. The van der Waals surface area contributed by atoms with Gasteiger partial charge in [0.15, 0.2) is 0 Å². The zero-order valence-electron chi connectivity index (χ0n) is 18.9. The maximum absolute atomic E-state index is 13.3. The number of hydrogen-bond donors (Lipinski definition) is 1. The van der Waals surface area contributed by atoms with Crippen LogP contribution < -0.4 is 10.2 Å². The standard InChI is InChI=1S/C25H35N3O3/c1-27-5-7-28(8-6-27)22-4-3-20(24(30)31-2)12-21(22)26-23(29)16-25-13-17-9-18(14-25)11-19(10-17)15-25/h3-4,12,17-19H,5-11,13-16H2,1-2H3,(H,26,29). The molecule has 4 aliphatic carbocycles. The monoisotopic (exact) mass is 425 g/mol. The maximum Gasteiger partial charge on any atom is 0.337 e. The van der Waals surface area contributed by atoms with Gasteiger partial charge in [-0.05, 0) is 86.9 Å². The van der Waals surface area contributed by atoms with Crippen LogP contribution >= 0.6 is 0 Å². The van der Waals surface area contributed by atoms with Crippen LogP contribution in [-0.2, 0) is 9.53 Å². The van der Waals surface area contributed by atoms with Gasteiger partial charge in [-0.2, -0.15) is 0 Å². The van der Waals surface area contributed by atoms with Gasteiger partial charge >= 0.3 is 5.97 Å². The number of benzene rings is 1. The van der Waals surface area contributed by atoms with Gasteiger partial charge in [0, 0.05) is 32.6 Å². The van der Waals surface area contributed by atoms with E-state index in [-0.39, 0.29) is 17.3 Å². The molecule has 5 fully saturated rings. The van der Waals surface area contributed by atoms with Gasteiger partial charge in [-0.15, -0.1) is 0 Å². The number of carbonyl (C=O) groups excluding carboxylic acids is 2. The Hall–Kier alpha value is -2.08. The van der Waals surface area contributed by atoms with Gasteiger partial charge in [0.2, 0.25) is 5.91 Å². The Morgan fingerprint density at radius 2 is 1.65 bits per heavy atom. The van der Waals surface area contributed by atoms with E-state index in [1.807, 2.05) is 6.07 Å². The van der Waals surface area contributed by atoms with Gasteiger partial charge in [-0.3, -0.25) is 4.79 Å². The molecule has 1 saturated heterocycles. The molecule has 1 aromatic rings. The summed E-state index contributed by atoms with van der Waals surface area (Å²) >= 11 is 0. The Labute approximate surface area is 185 Å². The number of piperazine rings is 1. The van der Waals surface area contributed by atoms with Crippen LogP contribution in [0.4, 0.5) is 11.4 Å². The molecule has 4 bridgehead atoms. The average Bonchev–Trinajstić information content (AvgIpc) is 2.72. The van der Waals surface area contributed by atoms with Crippen molar-refractivity contribution >= 4 is 23.3 Å². The summed E-state index contributed by atoms with van der Waals surface area (Å²) in [6.07, 6.45) is 8.43. The van der Waals surface area contributed by atoms with Crippen LogP contribution in [0.2, 0.25) is 0 Å². The molecule has 4 saturated carbocycles. The third-order valence-electron chi connectivity index (χ3n) is 8.24. The Morgan fingerprint density at radius 1 is 1.03 bits per heavy atom. The number of rotatable bonds is 5. The molecule has 6 nitrogen and oxygen atoms in total. The van der Waals surface area contributed by atoms with Crippen molar-refractivity contribution in [1.82, 2.24) is 4.90 Å². The Balaban J connectivity index is 1.35. The summed E-state index contributed by atoms with van der Waals surface area (Å²) in [6.45, 7) is 3.79. The second kappa shape index (κ2) is 8.12. The van der Waals surface area contributed by atoms with Crippen molar-refractivity contribution in [3.05, 3.63) is 23.8 Å². The molecular formula is C25H35N3O3. The molecule has 31 heavy (non-hydrogen) atoms. The van der Waals surface area contributed by atoms with Crippen molar-refractivity contribution in [3.63, 3.8) is 0 Å². The van der Waals surface area contributed by atoms with Crippen molar-refractivity contribution in [3.8, 4) is 0 Å². The van der Waals surface area contributed by atoms with E-state index < -0.39 is 0 Å². The molecule has 6 rings (SSSR count). The molecule has 6 heteroatoms. The first-order valence-electron chi connectivity index (χ1n) is 11.9. The van der Waals surface area contributed by atoms with Gasteiger partial charge in [-0.1, -0.05) is 0 Å². The molecule has 0 atom stereocenters. The minimum Gasteiger partial charge on any atom is -0.465 e. The fourth-order valence-electron chi connectivity index (χ4n) is 7.25. The predicted octanol–water partition coefficient (Wildman–Crippen LogP) is 3.77. The fraction of sp³-hybridized carbons (Fsp3) is 0.680. The zero-order chi connectivity index (χ0) is 21.6. The summed E-state index contributed by atoms with van der Waals surface area (Å²) in [7, 11) is 3.52. The molecule has 0 unspecified atom stereocenters. The third-order valence-corrected chi connectivity index (χ3v) is 8.24. The minimum absolute atomic E-state index is 0.0966. The van der Waals surface area contributed by atoms with Crippen LogP contribution in [0, 0.1) is 23.2 Å². The van der Waals surface area contributed by atoms with E-state index in [2.05, 4.69) is 22.2 Å². The number of methoxy groups -OCH3 is 1. The van der Waals surface area contributed by atoms with Crippen LogP contribution in [-0.4, -0.2) is 57.1 Å². The van der Waals surface area contributed by atoms with Crippen molar-refractivity contribution in [2.24, 2.45) is 23.2 Å². The summed E-state index contributed by atoms with van der Waals surface area (Å²) in [5.74, 6) is 2.23. The van der Waals surface area contributed by atoms with Crippen molar-refractivity contribution in [1.29, 1.82) is 0 Å². The van der Waals surface area contributed by atoms with Gasteiger partial charge in [0.25, 0.3) is 0 Å². The number of carbonyl (C=O) groups is 2. The topological polar surface area (TPSA) is 61.9 Å². The Morgan fingerprint density at radius 3 is 2.23 bits per heavy atom. The molecule has 0 spiro atoms. The lowest BCUT2D eigenvalue weighted by molar-refractivity contribution is -0.124. The summed E-state index contributed by atoms with van der Waals surface area (Å²) in [5.41, 5.74) is 2.42. The summed E-state index contributed by atoms with van der Waals surface area (Å²) < 4.78 is 4.91. The molecule has 0 aromatic heterocycles. The number of esters is 1. The van der Waals surface area contributed by atoms with Crippen LogP contribution in [0.15, 0.2) is 18.2 Å². The van der Waals surface area contributed by atoms with Crippen LogP contribution in [0.25, 0.3) is 0 Å². The first-order chi connectivity index (χ1) is 14.9. The maximum atomic E-state index is 13.3. The highest BCUT2D eigenvalue weighted by atomic mass is 16.5. The highest BCUT2D eigenvalue weighted by Gasteiger charge is 2.51. The van der Waals surface area contributed by atoms with Crippen LogP contribution in [0.3, 0.4) is 0 Å². The molecule has 168 valence electrons. The van der Waals surface area contributed by atoms with Crippen LogP contribution in [0.1, 0.15) is 55.3 Å². The van der Waals surface area contributed by atoms with Gasteiger partial charge < -0.3 is 19.9 Å². The number of anilines is 2. The van der Waals surface area contributed by atoms with E-state index in [1.165, 1.54) is 45.6 Å². The van der Waals surface area contributed by atoms with Gasteiger partial charge in [0.05, 0.1) is 24.0 Å². The van der Waals surface area contributed by atoms with E-state index >= 15 is 0 Å². The number of likely N-dealkylation sites (N-methyl/N-ethyl adjacent to an activating group) is 1. The number of nitrogens with zero attached hydrogens (tertiary/aromatic N) is 2. The number of ether oxygens (including phenoxy) is 1. The van der Waals surface area contributed by atoms with Crippen molar-refractivity contribution in [2.45, 2.75) is 44.9 Å². The van der Waals surface area contributed by atoms with Crippen molar-refractivity contribution < 1.29 is 14.3 Å².